The maximum Gasteiger partial charge on any atom is 0.251 e. The number of aromatic nitrogens is 1. The summed E-state index contributed by atoms with van der Waals surface area (Å²) in [5.41, 5.74) is 2.54. The molecule has 0 fully saturated rings. The van der Waals surface area contributed by atoms with E-state index in [0.29, 0.717) is 25.1 Å². The van der Waals surface area contributed by atoms with Crippen LogP contribution in [0, 0.1) is 6.92 Å². The van der Waals surface area contributed by atoms with Crippen molar-refractivity contribution < 1.29 is 9.59 Å². The van der Waals surface area contributed by atoms with Crippen molar-refractivity contribution in [2.45, 2.75) is 20.3 Å². The third kappa shape index (κ3) is 4.66. The fourth-order valence-corrected chi connectivity index (χ4v) is 2.73. The Morgan fingerprint density at radius 3 is 2.68 bits per heavy atom. The summed E-state index contributed by atoms with van der Waals surface area (Å²) < 4.78 is 0. The lowest BCUT2D eigenvalue weighted by molar-refractivity contribution is -0.118. The summed E-state index contributed by atoms with van der Waals surface area (Å²) in [4.78, 5) is 27.3. The Balaban J connectivity index is 1.92. The van der Waals surface area contributed by atoms with Gasteiger partial charge in [0.25, 0.3) is 5.91 Å². The fraction of sp³-hybridized carbons (Fsp3) is 0.312. The highest BCUT2D eigenvalue weighted by atomic mass is 32.1. The molecule has 1 aromatic heterocycles. The Bertz CT molecular complexity index is 667. The lowest BCUT2D eigenvalue weighted by atomic mass is 10.1. The van der Waals surface area contributed by atoms with Gasteiger partial charge in [0.05, 0.1) is 0 Å². The van der Waals surface area contributed by atoms with Crippen LogP contribution in [0.1, 0.15) is 29.4 Å². The monoisotopic (exact) mass is 317 g/mol. The quantitative estimate of drug-likeness (QED) is 0.804. The highest BCUT2D eigenvalue weighted by molar-refractivity contribution is 7.13. The number of hydrogen-bond acceptors (Lipinski definition) is 4. The standard InChI is InChI=1S/C16H19N3O2S/c1-11-10-22-16(19-11)14-6-3-5-13(9-14)15(21)18-8-4-7-17-12(2)20/h3,5-6,9-10H,4,7-8H2,1-2H3,(H,17,20)(H,18,21). The van der Waals surface area contributed by atoms with Crippen LogP contribution in [0.25, 0.3) is 10.6 Å². The molecule has 0 aliphatic carbocycles. The fourth-order valence-electron chi connectivity index (χ4n) is 1.94. The van der Waals surface area contributed by atoms with E-state index in [1.54, 1.807) is 17.4 Å². The number of rotatable bonds is 6. The van der Waals surface area contributed by atoms with E-state index in [4.69, 9.17) is 0 Å². The van der Waals surface area contributed by atoms with Crippen LogP contribution in [-0.4, -0.2) is 29.9 Å². The Kier molecular flexibility index (Phi) is 5.66. The predicted molar refractivity (Wildman–Crippen MR) is 87.9 cm³/mol. The Morgan fingerprint density at radius 1 is 1.23 bits per heavy atom. The number of hydrogen-bond donors (Lipinski definition) is 2. The minimum Gasteiger partial charge on any atom is -0.356 e. The molecule has 0 radical (unpaired) electrons. The van der Waals surface area contributed by atoms with E-state index in [1.807, 2.05) is 30.5 Å². The second kappa shape index (κ2) is 7.70. The SMILES string of the molecule is CC(=O)NCCCNC(=O)c1cccc(-c2nc(C)cs2)c1. The number of nitrogens with one attached hydrogen (secondary N) is 2. The van der Waals surface area contributed by atoms with E-state index < -0.39 is 0 Å². The van der Waals surface area contributed by atoms with E-state index in [0.717, 1.165) is 16.3 Å². The highest BCUT2D eigenvalue weighted by Gasteiger charge is 2.08. The van der Waals surface area contributed by atoms with Crippen LogP contribution in [0.3, 0.4) is 0 Å². The van der Waals surface area contributed by atoms with Crippen LogP contribution in [0.15, 0.2) is 29.6 Å². The molecule has 6 heteroatoms. The molecule has 0 spiro atoms. The molecule has 2 rings (SSSR count). The first-order valence-electron chi connectivity index (χ1n) is 7.11. The van der Waals surface area contributed by atoms with Crippen LogP contribution in [0.2, 0.25) is 0 Å². The van der Waals surface area contributed by atoms with Gasteiger partial charge in [-0.25, -0.2) is 4.98 Å². The van der Waals surface area contributed by atoms with Crippen molar-refractivity contribution in [3.63, 3.8) is 0 Å². The van der Waals surface area contributed by atoms with Gasteiger partial charge in [0.1, 0.15) is 5.01 Å². The average Bonchev–Trinajstić information content (AvgIpc) is 2.93. The minimum absolute atomic E-state index is 0.0576. The normalized spacial score (nSPS) is 10.3. The summed E-state index contributed by atoms with van der Waals surface area (Å²) in [5.74, 6) is -0.171. The zero-order valence-electron chi connectivity index (χ0n) is 12.7. The van der Waals surface area contributed by atoms with Crippen molar-refractivity contribution in [2.24, 2.45) is 0 Å². The summed E-state index contributed by atoms with van der Waals surface area (Å²) in [6, 6.07) is 7.44. The summed E-state index contributed by atoms with van der Waals surface area (Å²) in [6.45, 7) is 4.52. The van der Waals surface area contributed by atoms with Gasteiger partial charge in [-0.1, -0.05) is 12.1 Å². The Morgan fingerprint density at radius 2 is 2.00 bits per heavy atom. The first kappa shape index (κ1) is 16.2. The van der Waals surface area contributed by atoms with Gasteiger partial charge in [-0.3, -0.25) is 9.59 Å². The van der Waals surface area contributed by atoms with Crippen LogP contribution >= 0.6 is 11.3 Å². The van der Waals surface area contributed by atoms with E-state index in [1.165, 1.54) is 6.92 Å². The molecule has 2 aromatic rings. The van der Waals surface area contributed by atoms with Gasteiger partial charge in [0.15, 0.2) is 0 Å². The van der Waals surface area contributed by atoms with E-state index >= 15 is 0 Å². The van der Waals surface area contributed by atoms with Crippen molar-refractivity contribution in [1.82, 2.24) is 15.6 Å². The van der Waals surface area contributed by atoms with Crippen molar-refractivity contribution in [3.8, 4) is 10.6 Å². The highest BCUT2D eigenvalue weighted by Crippen LogP contribution is 2.24. The molecular weight excluding hydrogens is 298 g/mol. The number of nitrogens with zero attached hydrogens (tertiary/aromatic N) is 1. The third-order valence-corrected chi connectivity index (χ3v) is 4.01. The number of carbonyl (C=O) groups excluding carboxylic acids is 2. The lowest BCUT2D eigenvalue weighted by Crippen LogP contribution is -2.28. The summed E-state index contributed by atoms with van der Waals surface area (Å²) in [6.07, 6.45) is 0.705. The number of carbonyl (C=O) groups is 2. The van der Waals surface area contributed by atoms with E-state index in [-0.39, 0.29) is 11.8 Å². The first-order valence-corrected chi connectivity index (χ1v) is 7.99. The molecule has 116 valence electrons. The average molecular weight is 317 g/mol. The molecule has 0 saturated heterocycles. The lowest BCUT2D eigenvalue weighted by Gasteiger charge is -2.06. The second-order valence-corrected chi connectivity index (χ2v) is 5.83. The molecule has 0 unspecified atom stereocenters. The number of thiazole rings is 1. The van der Waals surface area contributed by atoms with Gasteiger partial charge in [-0.15, -0.1) is 11.3 Å². The van der Waals surface area contributed by atoms with E-state index in [2.05, 4.69) is 15.6 Å². The molecule has 5 nitrogen and oxygen atoms in total. The van der Waals surface area contributed by atoms with Gasteiger partial charge in [-0.2, -0.15) is 0 Å². The van der Waals surface area contributed by atoms with Gasteiger partial charge >= 0.3 is 0 Å². The van der Waals surface area contributed by atoms with Gasteiger partial charge in [-0.05, 0) is 25.5 Å². The molecule has 0 bridgehead atoms. The molecule has 0 aliphatic heterocycles. The van der Waals surface area contributed by atoms with Crippen LogP contribution in [0.5, 0.6) is 0 Å². The third-order valence-electron chi connectivity index (χ3n) is 3.00. The predicted octanol–water partition coefficient (Wildman–Crippen LogP) is 2.37. The molecule has 1 heterocycles. The minimum atomic E-state index is -0.113. The molecule has 2 amide bonds. The number of benzene rings is 1. The molecular formula is C16H19N3O2S. The van der Waals surface area contributed by atoms with Crippen molar-refractivity contribution in [3.05, 3.63) is 40.9 Å². The van der Waals surface area contributed by atoms with Crippen molar-refractivity contribution in [2.75, 3.05) is 13.1 Å². The first-order chi connectivity index (χ1) is 10.6. The van der Waals surface area contributed by atoms with Gasteiger partial charge in [0, 0.05) is 42.2 Å². The summed E-state index contributed by atoms with van der Waals surface area (Å²) in [5, 5.41) is 8.45. The van der Waals surface area contributed by atoms with Crippen LogP contribution in [-0.2, 0) is 4.79 Å². The summed E-state index contributed by atoms with van der Waals surface area (Å²) in [7, 11) is 0. The maximum absolute atomic E-state index is 12.1. The molecule has 0 aliphatic rings. The van der Waals surface area contributed by atoms with Gasteiger partial charge in [0.2, 0.25) is 5.91 Å². The second-order valence-electron chi connectivity index (χ2n) is 4.97. The van der Waals surface area contributed by atoms with Crippen molar-refractivity contribution in [1.29, 1.82) is 0 Å². The van der Waals surface area contributed by atoms with Crippen LogP contribution in [0.4, 0.5) is 0 Å². The van der Waals surface area contributed by atoms with E-state index in [9.17, 15) is 9.59 Å². The topological polar surface area (TPSA) is 71.1 Å². The molecule has 1 aromatic carbocycles. The van der Waals surface area contributed by atoms with Crippen LogP contribution < -0.4 is 10.6 Å². The van der Waals surface area contributed by atoms with Gasteiger partial charge < -0.3 is 10.6 Å². The Labute approximate surface area is 133 Å². The summed E-state index contributed by atoms with van der Waals surface area (Å²) >= 11 is 1.57. The maximum atomic E-state index is 12.1. The molecule has 22 heavy (non-hydrogen) atoms. The number of amides is 2. The Hall–Kier alpha value is -2.21. The zero-order valence-corrected chi connectivity index (χ0v) is 13.5. The molecule has 0 atom stereocenters. The smallest absolute Gasteiger partial charge is 0.251 e. The zero-order chi connectivity index (χ0) is 15.9. The van der Waals surface area contributed by atoms with Crippen molar-refractivity contribution >= 4 is 23.2 Å². The number of aryl methyl sites for hydroxylation is 1. The molecule has 2 N–H and O–H groups in total. The largest absolute Gasteiger partial charge is 0.356 e. The molecule has 0 saturated carbocycles.